The fraction of sp³-hybridized carbons (Fsp3) is 0.375. The molecule has 27 heavy (non-hydrogen) atoms. The van der Waals surface area contributed by atoms with Gasteiger partial charge in [-0.15, -0.1) is 0 Å². The molecule has 0 saturated heterocycles. The third-order valence-corrected chi connectivity index (χ3v) is 3.86. The summed E-state index contributed by atoms with van der Waals surface area (Å²) in [7, 11) is 0. The number of nitrogens with zero attached hydrogens (tertiary/aromatic N) is 3. The van der Waals surface area contributed by atoms with E-state index in [1.165, 1.54) is 30.5 Å². The second-order valence-electron chi connectivity index (χ2n) is 6.01. The average molecular weight is 386 g/mol. The lowest BCUT2D eigenvalue weighted by Crippen LogP contribution is -2.51. The topological polar surface area (TPSA) is 86.1 Å². The van der Waals surface area contributed by atoms with Crippen LogP contribution in [0.15, 0.2) is 35.3 Å². The Labute approximate surface area is 150 Å². The zero-order valence-corrected chi connectivity index (χ0v) is 13.7. The van der Waals surface area contributed by atoms with E-state index < -0.39 is 49.4 Å². The molecule has 0 spiro atoms. The Kier molecular flexibility index (Phi) is 5.10. The first-order valence-electron chi connectivity index (χ1n) is 7.88. The number of amides is 1. The first-order valence-corrected chi connectivity index (χ1v) is 7.88. The number of carbonyl (C=O) groups excluding carboxylic acids is 1. The van der Waals surface area contributed by atoms with Crippen LogP contribution in [0.5, 0.6) is 5.88 Å². The molecule has 2 aromatic rings. The van der Waals surface area contributed by atoms with Gasteiger partial charge in [-0.3, -0.25) is 9.59 Å². The van der Waals surface area contributed by atoms with Crippen molar-refractivity contribution in [3.05, 3.63) is 40.8 Å². The van der Waals surface area contributed by atoms with Crippen molar-refractivity contribution in [1.29, 1.82) is 0 Å². The number of carbonyl (C=O) groups is 1. The van der Waals surface area contributed by atoms with Crippen molar-refractivity contribution in [1.82, 2.24) is 20.1 Å². The summed E-state index contributed by atoms with van der Waals surface area (Å²) in [6, 6.07) is 4.56. The smallest absolute Gasteiger partial charge is 0.388 e. The number of alkyl halides is 4. The number of ether oxygens (including phenoxy) is 1. The minimum absolute atomic E-state index is 0.272. The van der Waals surface area contributed by atoms with Crippen molar-refractivity contribution < 1.29 is 27.1 Å². The molecular formula is C16H14F4N4O3. The molecule has 1 N–H and O–H groups in total. The number of nitrogens with one attached hydrogen (secondary N) is 1. The van der Waals surface area contributed by atoms with Crippen LogP contribution in [0.3, 0.4) is 0 Å². The zero-order chi connectivity index (χ0) is 19.6. The summed E-state index contributed by atoms with van der Waals surface area (Å²) < 4.78 is 54.9. The molecule has 0 unspecified atom stereocenters. The average Bonchev–Trinajstić information content (AvgIpc) is 2.55. The first kappa shape index (κ1) is 18.8. The number of rotatable bonds is 6. The Hall–Kier alpha value is -2.98. The summed E-state index contributed by atoms with van der Waals surface area (Å²) in [6.45, 7) is -3.44. The molecule has 0 radical (unpaired) electrons. The molecule has 1 amide bonds. The summed E-state index contributed by atoms with van der Waals surface area (Å²) in [5.74, 6) is -3.65. The van der Waals surface area contributed by atoms with Crippen LogP contribution in [0.25, 0.3) is 11.3 Å². The minimum Gasteiger partial charge on any atom is -0.417 e. The van der Waals surface area contributed by atoms with Crippen LogP contribution < -0.4 is 15.6 Å². The maximum absolute atomic E-state index is 12.8. The molecule has 0 bridgehead atoms. The van der Waals surface area contributed by atoms with E-state index in [2.05, 4.69) is 20.1 Å². The molecule has 0 atom stereocenters. The Bertz CT molecular complexity index is 878. The standard InChI is InChI=1S/C16H14F4N4O3/c17-15(18)27-13-3-1-9(7-21-13)11-2-4-14(26)24(23-11)8-12(25)22-10-5-16(19,20)6-10/h1-4,7,10,15H,5-6,8H2,(H,22,25). The van der Waals surface area contributed by atoms with Gasteiger partial charge in [-0.25, -0.2) is 18.4 Å². The van der Waals surface area contributed by atoms with Crippen LogP contribution >= 0.6 is 0 Å². The first-order chi connectivity index (χ1) is 12.7. The molecule has 1 aliphatic carbocycles. The minimum atomic E-state index is -3.00. The van der Waals surface area contributed by atoms with Gasteiger partial charge in [0.05, 0.1) is 5.69 Å². The highest BCUT2D eigenvalue weighted by molar-refractivity contribution is 5.76. The SMILES string of the molecule is O=C(Cn1nc(-c2ccc(OC(F)F)nc2)ccc1=O)NC1CC(F)(F)C1. The molecule has 144 valence electrons. The van der Waals surface area contributed by atoms with Gasteiger partial charge in [0.25, 0.3) is 11.5 Å². The van der Waals surface area contributed by atoms with Crippen molar-refractivity contribution in [2.45, 2.75) is 38.0 Å². The number of aromatic nitrogens is 3. The monoisotopic (exact) mass is 386 g/mol. The fourth-order valence-electron chi connectivity index (χ4n) is 2.58. The summed E-state index contributed by atoms with van der Waals surface area (Å²) >= 11 is 0. The van der Waals surface area contributed by atoms with Gasteiger partial charge >= 0.3 is 6.61 Å². The predicted octanol–water partition coefficient (Wildman–Crippen LogP) is 1.82. The number of pyridine rings is 1. The highest BCUT2D eigenvalue weighted by atomic mass is 19.3. The van der Waals surface area contributed by atoms with E-state index >= 15 is 0 Å². The Morgan fingerprint density at radius 3 is 2.63 bits per heavy atom. The van der Waals surface area contributed by atoms with Gasteiger partial charge in [0.15, 0.2) is 0 Å². The lowest BCUT2D eigenvalue weighted by molar-refractivity contribution is -0.129. The number of hydrogen-bond acceptors (Lipinski definition) is 5. The fourth-order valence-corrected chi connectivity index (χ4v) is 2.58. The molecule has 1 saturated carbocycles. The largest absolute Gasteiger partial charge is 0.417 e. The van der Waals surface area contributed by atoms with Crippen LogP contribution in [0.2, 0.25) is 0 Å². The summed E-state index contributed by atoms with van der Waals surface area (Å²) in [5, 5.41) is 6.43. The van der Waals surface area contributed by atoms with Gasteiger partial charge in [-0.2, -0.15) is 13.9 Å². The van der Waals surface area contributed by atoms with Crippen molar-refractivity contribution in [2.24, 2.45) is 0 Å². The quantitative estimate of drug-likeness (QED) is 0.766. The molecule has 0 aromatic carbocycles. The Morgan fingerprint density at radius 2 is 2.04 bits per heavy atom. The molecule has 2 heterocycles. The Morgan fingerprint density at radius 1 is 1.30 bits per heavy atom. The summed E-state index contributed by atoms with van der Waals surface area (Å²) in [4.78, 5) is 27.5. The predicted molar refractivity (Wildman–Crippen MR) is 84.5 cm³/mol. The normalized spacial score (nSPS) is 16.0. The van der Waals surface area contributed by atoms with Gasteiger partial charge in [0, 0.05) is 42.8 Å². The molecule has 0 aliphatic heterocycles. The van der Waals surface area contributed by atoms with Crippen molar-refractivity contribution >= 4 is 5.91 Å². The Balaban J connectivity index is 1.69. The van der Waals surface area contributed by atoms with Crippen LogP contribution in [0, 0.1) is 0 Å². The molecule has 7 nitrogen and oxygen atoms in total. The van der Waals surface area contributed by atoms with Crippen molar-refractivity contribution in [2.75, 3.05) is 0 Å². The summed E-state index contributed by atoms with van der Waals surface area (Å²) in [6.07, 6.45) is 0.366. The third kappa shape index (κ3) is 4.80. The molecule has 3 rings (SSSR count). The molecule has 1 aliphatic rings. The van der Waals surface area contributed by atoms with Gasteiger partial charge in [-0.1, -0.05) is 0 Å². The van der Waals surface area contributed by atoms with Gasteiger partial charge in [-0.05, 0) is 12.1 Å². The second kappa shape index (κ2) is 7.33. The van der Waals surface area contributed by atoms with E-state index in [4.69, 9.17) is 0 Å². The van der Waals surface area contributed by atoms with E-state index in [-0.39, 0.29) is 11.6 Å². The van der Waals surface area contributed by atoms with Gasteiger partial charge < -0.3 is 10.1 Å². The van der Waals surface area contributed by atoms with E-state index in [9.17, 15) is 27.2 Å². The lowest BCUT2D eigenvalue weighted by atomic mass is 9.88. The van der Waals surface area contributed by atoms with Crippen LogP contribution in [-0.4, -0.2) is 39.2 Å². The number of hydrogen-bond donors (Lipinski definition) is 1. The summed E-state index contributed by atoms with van der Waals surface area (Å²) in [5.41, 5.74) is 0.122. The van der Waals surface area contributed by atoms with E-state index in [1.807, 2.05) is 0 Å². The van der Waals surface area contributed by atoms with Crippen LogP contribution in [-0.2, 0) is 11.3 Å². The molecule has 11 heteroatoms. The third-order valence-electron chi connectivity index (χ3n) is 3.86. The zero-order valence-electron chi connectivity index (χ0n) is 13.7. The highest BCUT2D eigenvalue weighted by Gasteiger charge is 2.45. The van der Waals surface area contributed by atoms with E-state index in [0.717, 1.165) is 4.68 Å². The van der Waals surface area contributed by atoms with E-state index in [1.54, 1.807) is 0 Å². The van der Waals surface area contributed by atoms with E-state index in [0.29, 0.717) is 5.56 Å². The maximum atomic E-state index is 12.8. The second-order valence-corrected chi connectivity index (χ2v) is 6.01. The molecular weight excluding hydrogens is 372 g/mol. The van der Waals surface area contributed by atoms with Crippen molar-refractivity contribution in [3.8, 4) is 17.1 Å². The van der Waals surface area contributed by atoms with Crippen LogP contribution in [0.4, 0.5) is 17.6 Å². The molecule has 2 aromatic heterocycles. The number of halogens is 4. The molecule has 1 fully saturated rings. The van der Waals surface area contributed by atoms with Crippen LogP contribution in [0.1, 0.15) is 12.8 Å². The lowest BCUT2D eigenvalue weighted by Gasteiger charge is -2.35. The van der Waals surface area contributed by atoms with Gasteiger partial charge in [0.1, 0.15) is 6.54 Å². The van der Waals surface area contributed by atoms with Crippen molar-refractivity contribution in [3.63, 3.8) is 0 Å². The van der Waals surface area contributed by atoms with Gasteiger partial charge in [0.2, 0.25) is 11.8 Å². The maximum Gasteiger partial charge on any atom is 0.388 e. The highest BCUT2D eigenvalue weighted by Crippen LogP contribution is 2.37.